The SMILES string of the molecule is CCCCC1CCC(C(=O)Oc2ccc3c(c2)OC(N)=C(C#N)C3c2cccc(OC)c2OC)CC1. The molecule has 2 N–H and O–H groups in total. The number of hydrogen-bond acceptors (Lipinski definition) is 7. The van der Waals surface area contributed by atoms with Crippen molar-refractivity contribution in [3.63, 3.8) is 0 Å². The van der Waals surface area contributed by atoms with Gasteiger partial charge in [-0.2, -0.15) is 5.26 Å². The normalized spacial score (nSPS) is 21.1. The molecule has 1 unspecified atom stereocenters. The fourth-order valence-corrected chi connectivity index (χ4v) is 5.34. The Morgan fingerprint density at radius 2 is 1.89 bits per heavy atom. The minimum absolute atomic E-state index is 0.00810. The molecule has 2 aromatic rings. The fourth-order valence-electron chi connectivity index (χ4n) is 5.34. The predicted molar refractivity (Wildman–Crippen MR) is 136 cm³/mol. The summed E-state index contributed by atoms with van der Waals surface area (Å²) in [6, 6.07) is 12.9. The Morgan fingerprint density at radius 1 is 1.11 bits per heavy atom. The van der Waals surface area contributed by atoms with Crippen molar-refractivity contribution < 1.29 is 23.7 Å². The first-order chi connectivity index (χ1) is 17.5. The molecule has 1 aliphatic carbocycles. The summed E-state index contributed by atoms with van der Waals surface area (Å²) in [7, 11) is 3.12. The van der Waals surface area contributed by atoms with Gasteiger partial charge in [0.05, 0.1) is 26.1 Å². The minimum Gasteiger partial charge on any atom is -0.493 e. The molecule has 0 bridgehead atoms. The highest BCUT2D eigenvalue weighted by Gasteiger charge is 2.34. The molecule has 1 atom stereocenters. The lowest BCUT2D eigenvalue weighted by Crippen LogP contribution is -2.26. The van der Waals surface area contributed by atoms with E-state index >= 15 is 0 Å². The summed E-state index contributed by atoms with van der Waals surface area (Å²) in [6.45, 7) is 2.21. The Morgan fingerprint density at radius 3 is 2.56 bits per heavy atom. The van der Waals surface area contributed by atoms with Crippen LogP contribution in [0.5, 0.6) is 23.0 Å². The van der Waals surface area contributed by atoms with E-state index in [9.17, 15) is 10.1 Å². The van der Waals surface area contributed by atoms with Crippen molar-refractivity contribution in [1.29, 1.82) is 5.26 Å². The number of methoxy groups -OCH3 is 2. The van der Waals surface area contributed by atoms with Crippen LogP contribution in [0.25, 0.3) is 0 Å². The van der Waals surface area contributed by atoms with E-state index < -0.39 is 5.92 Å². The van der Waals surface area contributed by atoms with Crippen molar-refractivity contribution >= 4 is 5.97 Å². The van der Waals surface area contributed by atoms with E-state index in [-0.39, 0.29) is 23.3 Å². The molecule has 1 saturated carbocycles. The summed E-state index contributed by atoms with van der Waals surface area (Å²) >= 11 is 0. The standard InChI is InChI=1S/C29H34N2O5/c1-4-5-7-18-10-12-19(13-11-18)29(32)35-20-14-15-21-25(16-20)36-28(31)23(17-30)26(21)22-8-6-9-24(33-2)27(22)34-3/h6,8-9,14-16,18-19,26H,4-5,7,10-13,31H2,1-3H3. The molecule has 7 heteroatoms. The number of nitriles is 1. The van der Waals surface area contributed by atoms with Gasteiger partial charge in [-0.15, -0.1) is 0 Å². The highest BCUT2D eigenvalue weighted by molar-refractivity contribution is 5.75. The largest absolute Gasteiger partial charge is 0.493 e. The van der Waals surface area contributed by atoms with Crippen LogP contribution < -0.4 is 24.7 Å². The van der Waals surface area contributed by atoms with Gasteiger partial charge in [0, 0.05) is 17.2 Å². The summed E-state index contributed by atoms with van der Waals surface area (Å²) in [5, 5.41) is 9.88. The summed E-state index contributed by atoms with van der Waals surface area (Å²) in [6.07, 6.45) is 7.61. The van der Waals surface area contributed by atoms with Crippen molar-refractivity contribution in [3.05, 3.63) is 59.0 Å². The summed E-state index contributed by atoms with van der Waals surface area (Å²) in [4.78, 5) is 12.9. The number of benzene rings is 2. The zero-order valence-electron chi connectivity index (χ0n) is 21.2. The van der Waals surface area contributed by atoms with E-state index in [1.165, 1.54) is 19.3 Å². The molecule has 0 amide bonds. The van der Waals surface area contributed by atoms with Crippen LogP contribution in [0.4, 0.5) is 0 Å². The molecule has 1 aliphatic heterocycles. The van der Waals surface area contributed by atoms with Crippen LogP contribution in [0.1, 0.15) is 68.9 Å². The maximum Gasteiger partial charge on any atom is 0.314 e. The van der Waals surface area contributed by atoms with Gasteiger partial charge in [0.15, 0.2) is 11.5 Å². The van der Waals surface area contributed by atoms with Crippen molar-refractivity contribution in [1.82, 2.24) is 0 Å². The lowest BCUT2D eigenvalue weighted by molar-refractivity contribution is -0.140. The second-order valence-corrected chi connectivity index (χ2v) is 9.49. The molecule has 0 saturated heterocycles. The van der Waals surface area contributed by atoms with Gasteiger partial charge in [0.2, 0.25) is 5.88 Å². The molecule has 2 aromatic carbocycles. The van der Waals surface area contributed by atoms with Crippen LogP contribution in [0.15, 0.2) is 47.9 Å². The Hall–Kier alpha value is -3.66. The molecular formula is C29H34N2O5. The third-order valence-electron chi connectivity index (χ3n) is 7.30. The van der Waals surface area contributed by atoms with Gasteiger partial charge in [-0.05, 0) is 43.7 Å². The zero-order chi connectivity index (χ0) is 25.7. The maximum absolute atomic E-state index is 12.9. The van der Waals surface area contributed by atoms with E-state index in [1.807, 2.05) is 18.2 Å². The summed E-state index contributed by atoms with van der Waals surface area (Å²) in [5.41, 5.74) is 7.89. The van der Waals surface area contributed by atoms with Crippen molar-refractivity contribution in [2.45, 2.75) is 57.8 Å². The molecular weight excluding hydrogens is 456 g/mol. The highest BCUT2D eigenvalue weighted by atomic mass is 16.5. The van der Waals surface area contributed by atoms with Gasteiger partial charge in [0.1, 0.15) is 23.1 Å². The number of allylic oxidation sites excluding steroid dienone is 1. The number of unbranched alkanes of at least 4 members (excludes halogenated alkanes) is 1. The third-order valence-corrected chi connectivity index (χ3v) is 7.30. The molecule has 0 spiro atoms. The number of nitrogens with two attached hydrogens (primary N) is 1. The monoisotopic (exact) mass is 490 g/mol. The number of hydrogen-bond donors (Lipinski definition) is 1. The molecule has 190 valence electrons. The van der Waals surface area contributed by atoms with Gasteiger partial charge in [-0.3, -0.25) is 4.79 Å². The number of ether oxygens (including phenoxy) is 4. The first-order valence-electron chi connectivity index (χ1n) is 12.6. The van der Waals surface area contributed by atoms with E-state index in [0.717, 1.165) is 42.7 Å². The van der Waals surface area contributed by atoms with E-state index in [2.05, 4.69) is 13.0 Å². The van der Waals surface area contributed by atoms with Crippen LogP contribution in [0, 0.1) is 23.2 Å². The van der Waals surface area contributed by atoms with Gasteiger partial charge in [0.25, 0.3) is 0 Å². The number of carbonyl (C=O) groups excluding carboxylic acids is 1. The van der Waals surface area contributed by atoms with Crippen LogP contribution in [0.2, 0.25) is 0 Å². The van der Waals surface area contributed by atoms with E-state index in [1.54, 1.807) is 32.4 Å². The van der Waals surface area contributed by atoms with Gasteiger partial charge >= 0.3 is 5.97 Å². The topological polar surface area (TPSA) is 104 Å². The van der Waals surface area contributed by atoms with Crippen molar-refractivity contribution in [2.75, 3.05) is 14.2 Å². The fraction of sp³-hybridized carbons (Fsp3) is 0.448. The Balaban J connectivity index is 1.57. The second kappa shape index (κ2) is 11.4. The zero-order valence-corrected chi connectivity index (χ0v) is 21.2. The number of rotatable bonds is 8. The Bertz CT molecular complexity index is 1170. The van der Waals surface area contributed by atoms with Gasteiger partial charge < -0.3 is 24.7 Å². The second-order valence-electron chi connectivity index (χ2n) is 9.49. The van der Waals surface area contributed by atoms with E-state index in [4.69, 9.17) is 24.7 Å². The summed E-state index contributed by atoms with van der Waals surface area (Å²) in [5.74, 6) is 1.83. The first kappa shape index (κ1) is 25.4. The molecule has 1 fully saturated rings. The Kier molecular flexibility index (Phi) is 8.04. The van der Waals surface area contributed by atoms with Crippen LogP contribution in [-0.2, 0) is 4.79 Å². The van der Waals surface area contributed by atoms with Crippen molar-refractivity contribution in [3.8, 4) is 29.1 Å². The molecule has 0 aromatic heterocycles. The number of esters is 1. The molecule has 0 radical (unpaired) electrons. The number of nitrogens with zero attached hydrogens (tertiary/aromatic N) is 1. The number of fused-ring (bicyclic) bond motifs is 1. The average Bonchev–Trinajstić information content (AvgIpc) is 2.90. The molecule has 7 nitrogen and oxygen atoms in total. The van der Waals surface area contributed by atoms with Crippen molar-refractivity contribution in [2.24, 2.45) is 17.6 Å². The Labute approximate surface area is 212 Å². The first-order valence-corrected chi connectivity index (χ1v) is 12.6. The molecule has 1 heterocycles. The number of carbonyl (C=O) groups is 1. The van der Waals surface area contributed by atoms with Gasteiger partial charge in [-0.25, -0.2) is 0 Å². The summed E-state index contributed by atoms with van der Waals surface area (Å²) < 4.78 is 22.7. The highest BCUT2D eigenvalue weighted by Crippen LogP contribution is 2.48. The minimum atomic E-state index is -0.521. The van der Waals surface area contributed by atoms with Crippen LogP contribution >= 0.6 is 0 Å². The van der Waals surface area contributed by atoms with Crippen LogP contribution in [0.3, 0.4) is 0 Å². The average molecular weight is 491 g/mol. The third kappa shape index (κ3) is 5.13. The van der Waals surface area contributed by atoms with Gasteiger partial charge in [-0.1, -0.05) is 44.4 Å². The quantitative estimate of drug-likeness (QED) is 0.367. The van der Waals surface area contributed by atoms with Crippen LogP contribution in [-0.4, -0.2) is 20.2 Å². The lowest BCUT2D eigenvalue weighted by atomic mass is 9.80. The molecule has 2 aliphatic rings. The maximum atomic E-state index is 12.9. The predicted octanol–water partition coefficient (Wildman–Crippen LogP) is 5.82. The number of para-hydroxylation sites is 1. The molecule has 4 rings (SSSR count). The van der Waals surface area contributed by atoms with E-state index in [0.29, 0.717) is 23.0 Å². The smallest absolute Gasteiger partial charge is 0.314 e. The molecule has 36 heavy (non-hydrogen) atoms. The lowest BCUT2D eigenvalue weighted by Gasteiger charge is -2.29.